The molecule has 0 spiro atoms. The molecule has 50 heavy (non-hydrogen) atoms. The van der Waals surface area contributed by atoms with Gasteiger partial charge in [0.25, 0.3) is 8.60 Å². The van der Waals surface area contributed by atoms with E-state index >= 15 is 0 Å². The lowest BCUT2D eigenvalue weighted by atomic mass is 9.78. The second kappa shape index (κ2) is 16.7. The summed E-state index contributed by atoms with van der Waals surface area (Å²) in [7, 11) is -5.47. The summed E-state index contributed by atoms with van der Waals surface area (Å²) < 4.78 is 42.2. The molecule has 1 atom stereocenters. The van der Waals surface area contributed by atoms with Crippen LogP contribution in [0.2, 0.25) is 0 Å². The van der Waals surface area contributed by atoms with Crippen LogP contribution in [-0.2, 0) is 5.41 Å². The first-order valence-corrected chi connectivity index (χ1v) is 19.4. The molecule has 0 bridgehead atoms. The standard InChI is InChI=1S/C40H37N2O5P3/c1-32-24-26-33(27-25-32)40(2,3)34-28-30-39(31-29-34)47-50(46-38-22-14-7-15-23-38,41-48-43-35-16-8-4-9-17-35)42-49(44-36-18-10-5-11-19-36)45-37-20-12-6-13-21-37/h4-31H,1-3H3. The van der Waals surface area contributed by atoms with Crippen molar-refractivity contribution in [3.8, 4) is 28.7 Å². The van der Waals surface area contributed by atoms with Gasteiger partial charge in [-0.05, 0) is 78.7 Å². The summed E-state index contributed by atoms with van der Waals surface area (Å²) >= 11 is 0. The Hall–Kier alpha value is -4.92. The van der Waals surface area contributed by atoms with E-state index in [1.54, 1.807) is 0 Å². The fourth-order valence-corrected chi connectivity index (χ4v) is 9.10. The molecule has 1 unspecified atom stereocenters. The molecule has 0 fully saturated rings. The van der Waals surface area contributed by atoms with Gasteiger partial charge >= 0.3 is 16.2 Å². The minimum Gasteiger partial charge on any atom is -0.423 e. The summed E-state index contributed by atoms with van der Waals surface area (Å²) in [6, 6.07) is 54.2. The molecule has 10 heteroatoms. The van der Waals surface area contributed by atoms with Crippen LogP contribution in [0, 0.1) is 6.92 Å². The first-order valence-electron chi connectivity index (χ1n) is 16.0. The second-order valence-electron chi connectivity index (χ2n) is 11.7. The number of benzene rings is 6. The van der Waals surface area contributed by atoms with Crippen molar-refractivity contribution in [3.63, 3.8) is 0 Å². The number of hydrogen-bond acceptors (Lipinski definition) is 6. The molecule has 0 heterocycles. The molecule has 0 aromatic heterocycles. The number of aryl methyl sites for hydroxylation is 1. The van der Waals surface area contributed by atoms with Crippen molar-refractivity contribution < 1.29 is 22.6 Å². The fourth-order valence-electron chi connectivity index (χ4n) is 4.82. The van der Waals surface area contributed by atoms with E-state index in [4.69, 9.17) is 31.6 Å². The predicted molar refractivity (Wildman–Crippen MR) is 204 cm³/mol. The zero-order chi connectivity index (χ0) is 34.7. The van der Waals surface area contributed by atoms with Gasteiger partial charge < -0.3 is 22.6 Å². The Bertz CT molecular complexity index is 1970. The zero-order valence-corrected chi connectivity index (χ0v) is 30.6. The molecule has 0 saturated carbocycles. The Morgan fingerprint density at radius 3 is 1.38 bits per heavy atom. The van der Waals surface area contributed by atoms with Gasteiger partial charge in [0.2, 0.25) is 0 Å². The SMILES string of the molecule is Cc1ccc(C(C)(C)c2ccc(OP(N=POc3ccccc3)(=NP(Oc3ccccc3)Oc3ccccc3)Oc3ccccc3)cc2)cc1. The maximum Gasteiger partial charge on any atom is 0.460 e. The van der Waals surface area contributed by atoms with Crippen LogP contribution < -0.4 is 22.6 Å². The maximum atomic E-state index is 6.76. The maximum absolute atomic E-state index is 6.76. The van der Waals surface area contributed by atoms with E-state index < -0.39 is 16.2 Å². The summed E-state index contributed by atoms with van der Waals surface area (Å²) in [5, 5.41) is 0. The van der Waals surface area contributed by atoms with E-state index in [2.05, 4.69) is 57.2 Å². The van der Waals surface area contributed by atoms with Gasteiger partial charge in [0.15, 0.2) is 0 Å². The van der Waals surface area contributed by atoms with E-state index in [9.17, 15) is 0 Å². The van der Waals surface area contributed by atoms with E-state index in [1.807, 2.05) is 133 Å². The van der Waals surface area contributed by atoms with Crippen LogP contribution >= 0.6 is 24.8 Å². The van der Waals surface area contributed by atoms with Crippen LogP contribution in [0.15, 0.2) is 179 Å². The largest absolute Gasteiger partial charge is 0.460 e. The van der Waals surface area contributed by atoms with Crippen LogP contribution in [0.5, 0.6) is 28.7 Å². The highest BCUT2D eigenvalue weighted by Gasteiger charge is 2.32. The minimum atomic E-state index is -3.63. The number of hydrogen-bond donors (Lipinski definition) is 0. The van der Waals surface area contributed by atoms with Crippen molar-refractivity contribution in [2.75, 3.05) is 0 Å². The van der Waals surface area contributed by atoms with Crippen molar-refractivity contribution in [2.24, 2.45) is 9.03 Å². The van der Waals surface area contributed by atoms with Crippen molar-refractivity contribution >= 4 is 24.8 Å². The van der Waals surface area contributed by atoms with Gasteiger partial charge in [-0.3, -0.25) is 0 Å². The summed E-state index contributed by atoms with van der Waals surface area (Å²) in [4.78, 5) is 0. The Kier molecular flexibility index (Phi) is 11.6. The summed E-state index contributed by atoms with van der Waals surface area (Å²) in [6.45, 7) is 6.52. The summed E-state index contributed by atoms with van der Waals surface area (Å²) in [5.74, 6) is 2.85. The highest BCUT2D eigenvalue weighted by Crippen LogP contribution is 2.62. The lowest BCUT2D eigenvalue weighted by Crippen LogP contribution is -2.18. The van der Waals surface area contributed by atoms with Gasteiger partial charge in [-0.1, -0.05) is 129 Å². The monoisotopic (exact) mass is 718 g/mol. The molecule has 6 aromatic carbocycles. The second-order valence-corrected chi connectivity index (χ2v) is 15.7. The third kappa shape index (κ3) is 9.61. The molecule has 0 N–H and O–H groups in total. The van der Waals surface area contributed by atoms with Gasteiger partial charge in [-0.25, -0.2) is 0 Å². The topological polar surface area (TPSA) is 70.9 Å². The molecule has 6 rings (SSSR count). The van der Waals surface area contributed by atoms with Gasteiger partial charge in [0.05, 0.1) is 0 Å². The van der Waals surface area contributed by atoms with Crippen molar-refractivity contribution in [3.05, 3.63) is 187 Å². The van der Waals surface area contributed by atoms with Gasteiger partial charge in [0, 0.05) is 5.41 Å². The first-order chi connectivity index (χ1) is 24.4. The van der Waals surface area contributed by atoms with Crippen LogP contribution in [0.3, 0.4) is 0 Å². The van der Waals surface area contributed by atoms with Crippen LogP contribution in [0.4, 0.5) is 0 Å². The normalized spacial score (nSPS) is 12.6. The zero-order valence-electron chi connectivity index (χ0n) is 27.9. The summed E-state index contributed by atoms with van der Waals surface area (Å²) in [6.07, 6.45) is 0. The van der Waals surface area contributed by atoms with Gasteiger partial charge in [-0.15, -0.1) is 9.03 Å². The Balaban J connectivity index is 1.43. The molecular weight excluding hydrogens is 681 g/mol. The predicted octanol–water partition coefficient (Wildman–Crippen LogP) is 13.2. The van der Waals surface area contributed by atoms with Crippen LogP contribution in [-0.4, -0.2) is 0 Å². The molecule has 0 saturated heterocycles. The molecule has 0 amide bonds. The van der Waals surface area contributed by atoms with Crippen LogP contribution in [0.25, 0.3) is 0 Å². The Morgan fingerprint density at radius 2 is 0.900 bits per heavy atom. The molecule has 6 aromatic rings. The van der Waals surface area contributed by atoms with E-state index in [0.717, 1.165) is 5.56 Å². The number of rotatable bonds is 14. The van der Waals surface area contributed by atoms with Gasteiger partial charge in [-0.2, -0.15) is 0 Å². The molecule has 0 aliphatic rings. The average Bonchev–Trinajstić information content (AvgIpc) is 3.14. The summed E-state index contributed by atoms with van der Waals surface area (Å²) in [5.41, 5.74) is 3.33. The lowest BCUT2D eigenvalue weighted by Gasteiger charge is -2.27. The Labute approximate surface area is 297 Å². The van der Waals surface area contributed by atoms with E-state index in [-0.39, 0.29) is 14.0 Å². The minimum absolute atomic E-state index is 0.220. The lowest BCUT2D eigenvalue weighted by molar-refractivity contribution is 0.467. The van der Waals surface area contributed by atoms with Crippen molar-refractivity contribution in [2.45, 2.75) is 26.2 Å². The molecule has 0 aliphatic carbocycles. The Morgan fingerprint density at radius 1 is 0.500 bits per heavy atom. The smallest absolute Gasteiger partial charge is 0.423 e. The molecule has 0 aliphatic heterocycles. The third-order valence-electron chi connectivity index (χ3n) is 7.62. The van der Waals surface area contributed by atoms with E-state index in [1.165, 1.54) is 11.1 Å². The van der Waals surface area contributed by atoms with Crippen LogP contribution in [0.1, 0.15) is 30.5 Å². The van der Waals surface area contributed by atoms with Gasteiger partial charge in [0.1, 0.15) is 28.7 Å². The van der Waals surface area contributed by atoms with Crippen molar-refractivity contribution in [1.29, 1.82) is 0 Å². The number of nitrogens with zero attached hydrogens (tertiary/aromatic N) is 2. The molecule has 252 valence electrons. The average molecular weight is 719 g/mol. The third-order valence-corrected chi connectivity index (χ3v) is 12.2. The highest BCUT2D eigenvalue weighted by molar-refractivity contribution is 7.66. The fraction of sp³-hybridized carbons (Fsp3) is 0.100. The van der Waals surface area contributed by atoms with Crippen molar-refractivity contribution in [1.82, 2.24) is 0 Å². The highest BCUT2D eigenvalue weighted by atomic mass is 31.2. The first kappa shape index (κ1) is 34.9. The number of para-hydroxylation sites is 4. The quantitative estimate of drug-likeness (QED) is 0.105. The molecule has 0 radical (unpaired) electrons. The molecular formula is C40H37N2O5P3. The molecule has 7 nitrogen and oxygen atoms in total. The van der Waals surface area contributed by atoms with E-state index in [0.29, 0.717) is 28.7 Å².